The van der Waals surface area contributed by atoms with Crippen molar-refractivity contribution in [3.05, 3.63) is 20.8 Å². The molecule has 0 aliphatic carbocycles. The van der Waals surface area contributed by atoms with Crippen molar-refractivity contribution < 1.29 is 9.53 Å². The molecule has 0 aliphatic heterocycles. The average molecular weight is 370 g/mol. The van der Waals surface area contributed by atoms with Crippen LogP contribution in [0.1, 0.15) is 24.3 Å². The molecule has 0 aromatic carbocycles. The molecule has 1 amide bonds. The lowest BCUT2D eigenvalue weighted by molar-refractivity contribution is -0.120. The van der Waals surface area contributed by atoms with Gasteiger partial charge in [0.2, 0.25) is 5.91 Å². The molecule has 2 rings (SSSR count). The molecule has 0 spiro atoms. The van der Waals surface area contributed by atoms with E-state index in [2.05, 4.69) is 10.3 Å². The highest BCUT2D eigenvalue weighted by Gasteiger charge is 2.20. The fraction of sp³-hybridized carbons (Fsp3) is 0.562. The summed E-state index contributed by atoms with van der Waals surface area (Å²) in [5.74, 6) is -0.0902. The first-order valence-electron chi connectivity index (χ1n) is 7.84. The van der Waals surface area contributed by atoms with Gasteiger partial charge in [0.25, 0.3) is 5.56 Å². The van der Waals surface area contributed by atoms with E-state index in [1.54, 1.807) is 11.7 Å². The Morgan fingerprint density at radius 1 is 1.46 bits per heavy atom. The van der Waals surface area contributed by atoms with Gasteiger partial charge in [-0.15, -0.1) is 11.3 Å². The Bertz CT molecular complexity index is 798. The highest BCUT2D eigenvalue weighted by Crippen LogP contribution is 2.29. The Hall–Kier alpha value is -1.38. The predicted octanol–water partition coefficient (Wildman–Crippen LogP) is 2.34. The Labute approximate surface area is 149 Å². The van der Waals surface area contributed by atoms with Gasteiger partial charge < -0.3 is 10.1 Å². The third-order valence-corrected chi connectivity index (χ3v) is 6.02. The first kappa shape index (κ1) is 19.0. The lowest BCUT2D eigenvalue weighted by atomic mass is 10.2. The number of thioether (sulfide) groups is 1. The van der Waals surface area contributed by atoms with Crippen LogP contribution in [-0.4, -0.2) is 41.0 Å². The largest absolute Gasteiger partial charge is 0.383 e. The summed E-state index contributed by atoms with van der Waals surface area (Å²) in [5, 5.41) is 3.75. The molecule has 8 heteroatoms. The zero-order valence-electron chi connectivity index (χ0n) is 14.6. The Kier molecular flexibility index (Phi) is 6.42. The second-order valence-electron chi connectivity index (χ2n) is 5.45. The van der Waals surface area contributed by atoms with Crippen molar-refractivity contribution in [1.82, 2.24) is 14.9 Å². The van der Waals surface area contributed by atoms with E-state index >= 15 is 0 Å². The number of ether oxygens (including phenoxy) is 1. The maximum Gasteiger partial charge on any atom is 0.263 e. The molecule has 1 atom stereocenters. The van der Waals surface area contributed by atoms with E-state index in [1.165, 1.54) is 23.1 Å². The first-order valence-corrected chi connectivity index (χ1v) is 9.54. The molecule has 0 unspecified atom stereocenters. The number of hydrogen-bond donors (Lipinski definition) is 1. The van der Waals surface area contributed by atoms with Crippen molar-refractivity contribution in [2.24, 2.45) is 0 Å². The summed E-state index contributed by atoms with van der Waals surface area (Å²) < 4.78 is 6.57. The van der Waals surface area contributed by atoms with E-state index < -0.39 is 0 Å². The Balaban J connectivity index is 2.31. The van der Waals surface area contributed by atoms with Gasteiger partial charge in [-0.1, -0.05) is 11.8 Å². The van der Waals surface area contributed by atoms with Gasteiger partial charge in [0.1, 0.15) is 4.83 Å². The SMILES string of the molecule is CCn1c(S[C@@H](C)C(=O)NCCOC)nc2sc(C)c(C)c2c1=O. The lowest BCUT2D eigenvalue weighted by Gasteiger charge is -2.14. The van der Waals surface area contributed by atoms with Crippen LogP contribution in [-0.2, 0) is 16.1 Å². The Morgan fingerprint density at radius 3 is 2.79 bits per heavy atom. The molecule has 1 N–H and O–H groups in total. The van der Waals surface area contributed by atoms with Gasteiger partial charge in [0.15, 0.2) is 5.16 Å². The maximum absolute atomic E-state index is 12.8. The van der Waals surface area contributed by atoms with Crippen LogP contribution in [0.2, 0.25) is 0 Å². The number of amides is 1. The zero-order valence-corrected chi connectivity index (χ0v) is 16.3. The van der Waals surface area contributed by atoms with Crippen molar-refractivity contribution in [3.8, 4) is 0 Å². The van der Waals surface area contributed by atoms with Crippen molar-refractivity contribution in [2.75, 3.05) is 20.3 Å². The number of nitrogens with zero attached hydrogens (tertiary/aromatic N) is 2. The summed E-state index contributed by atoms with van der Waals surface area (Å²) in [7, 11) is 1.59. The quantitative estimate of drug-likeness (QED) is 0.461. The second kappa shape index (κ2) is 8.13. The van der Waals surface area contributed by atoms with Gasteiger partial charge in [-0.2, -0.15) is 0 Å². The van der Waals surface area contributed by atoms with Gasteiger partial charge in [-0.3, -0.25) is 14.2 Å². The fourth-order valence-electron chi connectivity index (χ4n) is 2.31. The van der Waals surface area contributed by atoms with E-state index in [0.717, 1.165) is 15.3 Å². The Morgan fingerprint density at radius 2 is 2.17 bits per heavy atom. The molecule has 0 saturated heterocycles. The molecule has 0 radical (unpaired) electrons. The molecule has 2 aromatic heterocycles. The van der Waals surface area contributed by atoms with Gasteiger partial charge >= 0.3 is 0 Å². The summed E-state index contributed by atoms with van der Waals surface area (Å²) in [6, 6.07) is 0. The van der Waals surface area contributed by atoms with Crippen molar-refractivity contribution >= 4 is 39.2 Å². The fourth-order valence-corrected chi connectivity index (χ4v) is 4.38. The van der Waals surface area contributed by atoms with E-state index in [-0.39, 0.29) is 16.7 Å². The molecule has 0 saturated carbocycles. The summed E-state index contributed by atoms with van der Waals surface area (Å²) >= 11 is 2.83. The predicted molar refractivity (Wildman–Crippen MR) is 99.2 cm³/mol. The van der Waals surface area contributed by atoms with Crippen LogP contribution < -0.4 is 10.9 Å². The van der Waals surface area contributed by atoms with Crippen molar-refractivity contribution in [1.29, 1.82) is 0 Å². The molecule has 0 fully saturated rings. The van der Waals surface area contributed by atoms with Crippen LogP contribution in [0.5, 0.6) is 0 Å². The number of rotatable bonds is 7. The minimum absolute atomic E-state index is 0.0289. The van der Waals surface area contributed by atoms with Crippen molar-refractivity contribution in [2.45, 2.75) is 44.6 Å². The number of carbonyl (C=O) groups is 1. The molecular formula is C16H23N3O3S2. The van der Waals surface area contributed by atoms with E-state index in [1.807, 2.05) is 27.7 Å². The molecular weight excluding hydrogens is 346 g/mol. The smallest absolute Gasteiger partial charge is 0.263 e. The molecule has 2 aromatic rings. The number of methoxy groups -OCH3 is 1. The van der Waals surface area contributed by atoms with Crippen molar-refractivity contribution in [3.63, 3.8) is 0 Å². The zero-order chi connectivity index (χ0) is 17.9. The van der Waals surface area contributed by atoms with Crippen LogP contribution in [0.3, 0.4) is 0 Å². The second-order valence-corrected chi connectivity index (χ2v) is 7.96. The van der Waals surface area contributed by atoms with Gasteiger partial charge in [-0.05, 0) is 33.3 Å². The topological polar surface area (TPSA) is 73.2 Å². The monoisotopic (exact) mass is 369 g/mol. The summed E-state index contributed by atoms with van der Waals surface area (Å²) in [6.07, 6.45) is 0. The molecule has 0 bridgehead atoms. The number of carbonyl (C=O) groups excluding carboxylic acids is 1. The highest BCUT2D eigenvalue weighted by atomic mass is 32.2. The number of thiophene rings is 1. The number of nitrogens with one attached hydrogen (secondary N) is 1. The van der Waals surface area contributed by atoms with E-state index in [4.69, 9.17) is 4.74 Å². The average Bonchev–Trinajstić information content (AvgIpc) is 2.82. The number of fused-ring (bicyclic) bond motifs is 1. The van der Waals surface area contributed by atoms with Crippen LogP contribution in [0.15, 0.2) is 9.95 Å². The minimum atomic E-state index is -0.342. The number of aromatic nitrogens is 2. The summed E-state index contributed by atoms with van der Waals surface area (Å²) in [5.41, 5.74) is 0.968. The molecule has 132 valence electrons. The number of hydrogen-bond acceptors (Lipinski definition) is 6. The third-order valence-electron chi connectivity index (χ3n) is 3.83. The minimum Gasteiger partial charge on any atom is -0.383 e. The third kappa shape index (κ3) is 3.81. The standard InChI is InChI=1S/C16H23N3O3S2/c1-6-19-15(21)12-9(2)10(3)23-14(12)18-16(19)24-11(4)13(20)17-7-8-22-5/h11H,6-8H2,1-5H3,(H,17,20)/t11-/m0/s1. The lowest BCUT2D eigenvalue weighted by Crippen LogP contribution is -2.34. The van der Waals surface area contributed by atoms with Gasteiger partial charge in [-0.25, -0.2) is 4.98 Å². The van der Waals surface area contributed by atoms with Gasteiger partial charge in [0.05, 0.1) is 17.2 Å². The molecule has 0 aliphatic rings. The number of aryl methyl sites for hydroxylation is 2. The maximum atomic E-state index is 12.8. The van der Waals surface area contributed by atoms with Crippen LogP contribution in [0, 0.1) is 13.8 Å². The normalized spacial score (nSPS) is 12.5. The van der Waals surface area contributed by atoms with E-state index in [0.29, 0.717) is 30.2 Å². The molecule has 6 nitrogen and oxygen atoms in total. The first-order chi connectivity index (χ1) is 11.4. The molecule has 2 heterocycles. The highest BCUT2D eigenvalue weighted by molar-refractivity contribution is 8.00. The van der Waals surface area contributed by atoms with Crippen LogP contribution in [0.25, 0.3) is 10.2 Å². The molecule has 24 heavy (non-hydrogen) atoms. The van der Waals surface area contributed by atoms with Crippen LogP contribution in [0.4, 0.5) is 0 Å². The van der Waals surface area contributed by atoms with E-state index in [9.17, 15) is 9.59 Å². The summed E-state index contributed by atoms with van der Waals surface area (Å²) in [4.78, 5) is 31.4. The summed E-state index contributed by atoms with van der Waals surface area (Å²) in [6.45, 7) is 9.14. The van der Waals surface area contributed by atoms with Crippen LogP contribution >= 0.6 is 23.1 Å². The van der Waals surface area contributed by atoms with Gasteiger partial charge in [0, 0.05) is 25.1 Å².